The molecule has 0 saturated carbocycles. The molecule has 2 saturated heterocycles. The Balaban J connectivity index is 1.64. The number of carbonyl (C=O) groups excluding carboxylic acids is 1. The molecule has 0 spiro atoms. The maximum atomic E-state index is 12.9. The van der Waals surface area contributed by atoms with Gasteiger partial charge in [0.15, 0.2) is 11.5 Å². The first kappa shape index (κ1) is 19.0. The molecule has 3 rings (SSSR count). The number of ether oxygens (including phenoxy) is 1. The molecule has 10 nitrogen and oxygen atoms in total. The van der Waals surface area contributed by atoms with Gasteiger partial charge in [-0.2, -0.15) is 17.0 Å². The number of piperazine rings is 1. The van der Waals surface area contributed by atoms with Gasteiger partial charge in [0.05, 0.1) is 12.2 Å². The first-order valence-corrected chi connectivity index (χ1v) is 9.95. The molecule has 0 aliphatic carbocycles. The first-order valence-electron chi connectivity index (χ1n) is 8.55. The second-order valence-electron chi connectivity index (χ2n) is 6.56. The molecule has 3 heterocycles. The average Bonchev–Trinajstić information content (AvgIpc) is 2.61. The van der Waals surface area contributed by atoms with E-state index in [4.69, 9.17) is 10.5 Å². The molecule has 2 aliphatic rings. The number of nitrogens with two attached hydrogens (primary N) is 1. The van der Waals surface area contributed by atoms with E-state index in [1.165, 1.54) is 21.0 Å². The third kappa shape index (κ3) is 3.80. The van der Waals surface area contributed by atoms with E-state index in [0.717, 1.165) is 0 Å². The van der Waals surface area contributed by atoms with Crippen LogP contribution in [0.1, 0.15) is 24.3 Å². The normalized spacial score (nSPS) is 26.0. The van der Waals surface area contributed by atoms with Crippen LogP contribution in [0.2, 0.25) is 0 Å². The fourth-order valence-electron chi connectivity index (χ4n) is 3.27. The summed E-state index contributed by atoms with van der Waals surface area (Å²) in [7, 11) is -3.58. The predicted molar refractivity (Wildman–Crippen MR) is 94.4 cm³/mol. The van der Waals surface area contributed by atoms with Gasteiger partial charge in [0.1, 0.15) is 0 Å². The molecule has 0 aromatic carbocycles. The van der Waals surface area contributed by atoms with Crippen LogP contribution >= 0.6 is 0 Å². The highest BCUT2D eigenvalue weighted by atomic mass is 32.2. The molecule has 11 heteroatoms. The van der Waals surface area contributed by atoms with Crippen molar-refractivity contribution < 1.29 is 17.9 Å². The lowest BCUT2D eigenvalue weighted by Gasteiger charge is -2.40. The summed E-state index contributed by atoms with van der Waals surface area (Å²) in [6.45, 7) is 5.42. The third-order valence-electron chi connectivity index (χ3n) is 4.49. The highest BCUT2D eigenvalue weighted by Gasteiger charge is 2.37. The summed E-state index contributed by atoms with van der Waals surface area (Å²) in [5, 5.41) is 0. The maximum Gasteiger partial charge on any atom is 0.282 e. The van der Waals surface area contributed by atoms with E-state index < -0.39 is 10.2 Å². The van der Waals surface area contributed by atoms with Crippen molar-refractivity contribution in [3.63, 3.8) is 0 Å². The number of hydrogen-bond acceptors (Lipinski definition) is 7. The lowest BCUT2D eigenvalue weighted by Crippen LogP contribution is -2.57. The fraction of sp³-hybridized carbons (Fsp3) is 0.667. The van der Waals surface area contributed by atoms with E-state index in [2.05, 4.69) is 9.97 Å². The van der Waals surface area contributed by atoms with E-state index >= 15 is 0 Å². The average molecular weight is 384 g/mol. The number of carbonyl (C=O) groups is 1. The van der Waals surface area contributed by atoms with Crippen molar-refractivity contribution in [2.24, 2.45) is 0 Å². The zero-order valence-corrected chi connectivity index (χ0v) is 15.7. The van der Waals surface area contributed by atoms with E-state index in [1.807, 2.05) is 13.8 Å². The van der Waals surface area contributed by atoms with Crippen LogP contribution in [0.25, 0.3) is 0 Å². The number of amides is 1. The number of nitrogens with zero attached hydrogens (tertiary/aromatic N) is 5. The number of anilines is 1. The van der Waals surface area contributed by atoms with Crippen LogP contribution in [0, 0.1) is 0 Å². The van der Waals surface area contributed by atoms with Crippen molar-refractivity contribution in [1.82, 2.24) is 23.5 Å². The molecule has 0 unspecified atom stereocenters. The van der Waals surface area contributed by atoms with Crippen LogP contribution in [0.3, 0.4) is 0 Å². The summed E-state index contributed by atoms with van der Waals surface area (Å²) in [6, 6.07) is 0. The molecule has 0 bridgehead atoms. The van der Waals surface area contributed by atoms with Gasteiger partial charge in [-0.25, -0.2) is 9.97 Å². The second-order valence-corrected chi connectivity index (χ2v) is 8.49. The molecule has 2 aliphatic heterocycles. The number of rotatable bonds is 3. The van der Waals surface area contributed by atoms with Gasteiger partial charge in [-0.1, -0.05) is 0 Å². The van der Waals surface area contributed by atoms with Gasteiger partial charge in [-0.15, -0.1) is 0 Å². The highest BCUT2D eigenvalue weighted by molar-refractivity contribution is 7.86. The first-order chi connectivity index (χ1) is 12.3. The summed E-state index contributed by atoms with van der Waals surface area (Å²) < 4.78 is 34.3. The van der Waals surface area contributed by atoms with Crippen molar-refractivity contribution in [3.8, 4) is 0 Å². The largest absolute Gasteiger partial charge is 0.382 e. The van der Waals surface area contributed by atoms with Crippen molar-refractivity contribution in [2.75, 3.05) is 45.0 Å². The lowest BCUT2D eigenvalue weighted by atomic mass is 10.3. The standard InChI is InChI=1S/C15H24N6O4S/c1-11-9-21(10-12(2)25-11)26(23,24)20-7-5-19(6-8-20)15(22)13-14(16)18-4-3-17-13/h3-4,11-12H,5-10H2,1-2H3,(H2,16,18)/t11-,12+. The van der Waals surface area contributed by atoms with Gasteiger partial charge in [0.2, 0.25) is 0 Å². The summed E-state index contributed by atoms with van der Waals surface area (Å²) in [5.41, 5.74) is 5.80. The SMILES string of the molecule is C[C@@H]1CN(S(=O)(=O)N2CCN(C(=O)c3nccnc3N)CC2)C[C@H](C)O1. The number of hydrogen-bond donors (Lipinski definition) is 1. The van der Waals surface area contributed by atoms with Gasteiger partial charge < -0.3 is 15.4 Å². The second kappa shape index (κ2) is 7.43. The van der Waals surface area contributed by atoms with Crippen LogP contribution in [0.15, 0.2) is 12.4 Å². The molecule has 0 radical (unpaired) electrons. The Morgan fingerprint density at radius 2 is 1.65 bits per heavy atom. The molecule has 26 heavy (non-hydrogen) atoms. The lowest BCUT2D eigenvalue weighted by molar-refractivity contribution is -0.0457. The smallest absolute Gasteiger partial charge is 0.282 e. The molecule has 144 valence electrons. The zero-order valence-electron chi connectivity index (χ0n) is 14.9. The minimum Gasteiger partial charge on any atom is -0.382 e. The Morgan fingerprint density at radius 3 is 2.23 bits per heavy atom. The van der Waals surface area contributed by atoms with Gasteiger partial charge in [0.25, 0.3) is 16.1 Å². The minimum absolute atomic E-state index is 0.0730. The number of nitrogen functional groups attached to an aromatic ring is 1. The molecule has 2 N–H and O–H groups in total. The van der Waals surface area contributed by atoms with Crippen LogP contribution in [0.4, 0.5) is 5.82 Å². The Kier molecular flexibility index (Phi) is 5.42. The zero-order chi connectivity index (χ0) is 18.9. The van der Waals surface area contributed by atoms with Gasteiger partial charge in [-0.05, 0) is 13.8 Å². The summed E-state index contributed by atoms with van der Waals surface area (Å²) in [5.74, 6) is -0.259. The van der Waals surface area contributed by atoms with Gasteiger partial charge in [-0.3, -0.25) is 4.79 Å². The molecule has 1 aromatic rings. The van der Waals surface area contributed by atoms with Gasteiger partial charge in [0, 0.05) is 51.7 Å². The Morgan fingerprint density at radius 1 is 1.08 bits per heavy atom. The predicted octanol–water partition coefficient (Wildman–Crippen LogP) is -0.829. The quantitative estimate of drug-likeness (QED) is 0.722. The highest BCUT2D eigenvalue weighted by Crippen LogP contribution is 2.19. The Hall–Kier alpha value is -1.82. The van der Waals surface area contributed by atoms with Crippen LogP contribution < -0.4 is 5.73 Å². The van der Waals surface area contributed by atoms with Crippen molar-refractivity contribution in [3.05, 3.63) is 18.1 Å². The Labute approximate surface area is 153 Å². The monoisotopic (exact) mass is 384 g/mol. The van der Waals surface area contributed by atoms with E-state index in [-0.39, 0.29) is 55.8 Å². The number of morpholine rings is 1. The van der Waals surface area contributed by atoms with Gasteiger partial charge >= 0.3 is 0 Å². The van der Waals surface area contributed by atoms with Crippen LogP contribution in [-0.2, 0) is 14.9 Å². The summed E-state index contributed by atoms with van der Waals surface area (Å²) >= 11 is 0. The molecule has 2 atom stereocenters. The van der Waals surface area contributed by atoms with Crippen molar-refractivity contribution >= 4 is 21.9 Å². The molecule has 1 amide bonds. The Bertz CT molecular complexity index is 755. The third-order valence-corrected chi connectivity index (χ3v) is 6.46. The molecule has 2 fully saturated rings. The molecule has 1 aromatic heterocycles. The van der Waals surface area contributed by atoms with E-state index in [9.17, 15) is 13.2 Å². The maximum absolute atomic E-state index is 12.9. The summed E-state index contributed by atoms with van der Waals surface area (Å²) in [6.07, 6.45) is 2.54. The van der Waals surface area contributed by atoms with Crippen LogP contribution in [-0.4, -0.2) is 89.3 Å². The van der Waals surface area contributed by atoms with Crippen molar-refractivity contribution in [2.45, 2.75) is 26.1 Å². The molecular formula is C15H24N6O4S. The topological polar surface area (TPSA) is 122 Å². The van der Waals surface area contributed by atoms with E-state index in [1.54, 1.807) is 4.90 Å². The van der Waals surface area contributed by atoms with E-state index in [0.29, 0.717) is 13.1 Å². The summed E-state index contributed by atoms with van der Waals surface area (Å²) in [4.78, 5) is 21.9. The minimum atomic E-state index is -3.58. The fourth-order valence-corrected chi connectivity index (χ4v) is 5.02. The van der Waals surface area contributed by atoms with Crippen molar-refractivity contribution in [1.29, 1.82) is 0 Å². The van der Waals surface area contributed by atoms with Crippen LogP contribution in [0.5, 0.6) is 0 Å². The number of aromatic nitrogens is 2. The molecular weight excluding hydrogens is 360 g/mol.